The Balaban J connectivity index is 1.75. The summed E-state index contributed by atoms with van der Waals surface area (Å²) >= 11 is 5.95. The molecule has 98 valence electrons. The molecule has 0 N–H and O–H groups in total. The van der Waals surface area contributed by atoms with E-state index in [4.69, 9.17) is 11.6 Å². The first kappa shape index (κ1) is 11.3. The molecule has 0 unspecified atom stereocenters. The van der Waals surface area contributed by atoms with Crippen molar-refractivity contribution in [2.45, 2.75) is 31.3 Å². The minimum absolute atomic E-state index is 0.0838. The van der Waals surface area contributed by atoms with Crippen LogP contribution in [0.25, 0.3) is 0 Å². The van der Waals surface area contributed by atoms with E-state index < -0.39 is 0 Å². The van der Waals surface area contributed by atoms with E-state index in [0.29, 0.717) is 16.6 Å². The first-order valence-electron chi connectivity index (χ1n) is 6.58. The summed E-state index contributed by atoms with van der Waals surface area (Å²) in [5.74, 6) is 0.269. The van der Waals surface area contributed by atoms with Gasteiger partial charge in [0.05, 0.1) is 5.69 Å². The normalized spacial score (nSPS) is 32.4. The highest BCUT2D eigenvalue weighted by molar-refractivity contribution is 6.31. The highest BCUT2D eigenvalue weighted by Gasteiger charge is 2.59. The lowest BCUT2D eigenvalue weighted by molar-refractivity contribution is -0.120. The molecule has 0 spiro atoms. The SMILES string of the molecule is O=C1[C@@H]2[C@H]3CC[C@H](C3)N2C(=O)N1c1cccc(Cl)c1. The fourth-order valence-electron chi connectivity index (χ4n) is 3.78. The quantitative estimate of drug-likeness (QED) is 0.740. The second-order valence-electron chi connectivity index (χ2n) is 5.52. The van der Waals surface area contributed by atoms with Crippen LogP contribution in [0.1, 0.15) is 19.3 Å². The van der Waals surface area contributed by atoms with Gasteiger partial charge in [-0.3, -0.25) is 4.79 Å². The molecule has 0 radical (unpaired) electrons. The number of benzene rings is 1. The molecular formula is C14H13ClN2O2. The van der Waals surface area contributed by atoms with Crippen LogP contribution in [0.5, 0.6) is 0 Å². The van der Waals surface area contributed by atoms with Crippen LogP contribution >= 0.6 is 11.6 Å². The number of rotatable bonds is 1. The first-order chi connectivity index (χ1) is 9.16. The van der Waals surface area contributed by atoms with Crippen LogP contribution < -0.4 is 4.90 Å². The third kappa shape index (κ3) is 1.40. The maximum absolute atomic E-state index is 12.5. The fourth-order valence-corrected chi connectivity index (χ4v) is 3.96. The number of hydrogen-bond donors (Lipinski definition) is 0. The minimum atomic E-state index is -0.231. The van der Waals surface area contributed by atoms with E-state index in [1.807, 2.05) is 0 Å². The van der Waals surface area contributed by atoms with Crippen molar-refractivity contribution >= 4 is 29.2 Å². The molecule has 1 aromatic rings. The summed E-state index contributed by atoms with van der Waals surface area (Å²) in [6.45, 7) is 0. The average molecular weight is 277 g/mol. The first-order valence-corrected chi connectivity index (χ1v) is 6.96. The molecule has 3 fully saturated rings. The molecule has 3 atom stereocenters. The number of anilines is 1. The maximum atomic E-state index is 12.5. The topological polar surface area (TPSA) is 40.6 Å². The molecule has 2 aliphatic heterocycles. The summed E-state index contributed by atoms with van der Waals surface area (Å²) in [7, 11) is 0. The third-order valence-corrected chi connectivity index (χ3v) is 4.77. The summed E-state index contributed by atoms with van der Waals surface area (Å²) in [5.41, 5.74) is 0.580. The Morgan fingerprint density at radius 1 is 1.21 bits per heavy atom. The minimum Gasteiger partial charge on any atom is -0.309 e. The fraction of sp³-hybridized carbons (Fsp3) is 0.429. The highest BCUT2D eigenvalue weighted by Crippen LogP contribution is 2.47. The van der Waals surface area contributed by atoms with Crippen LogP contribution in [0.3, 0.4) is 0 Å². The van der Waals surface area contributed by atoms with Crippen molar-refractivity contribution in [2.75, 3.05) is 4.90 Å². The second kappa shape index (κ2) is 3.73. The predicted molar refractivity (Wildman–Crippen MR) is 71.1 cm³/mol. The van der Waals surface area contributed by atoms with Crippen molar-refractivity contribution in [3.8, 4) is 0 Å². The summed E-state index contributed by atoms with van der Waals surface area (Å²) in [6, 6.07) is 6.77. The van der Waals surface area contributed by atoms with Gasteiger partial charge in [-0.25, -0.2) is 9.69 Å². The Bertz CT molecular complexity index is 561. The lowest BCUT2D eigenvalue weighted by atomic mass is 9.99. The number of carbonyl (C=O) groups excluding carboxylic acids is 2. The van der Waals surface area contributed by atoms with E-state index in [-0.39, 0.29) is 24.0 Å². The Hall–Kier alpha value is -1.55. The van der Waals surface area contributed by atoms with Gasteiger partial charge in [0.1, 0.15) is 6.04 Å². The number of nitrogens with zero attached hydrogens (tertiary/aromatic N) is 2. The van der Waals surface area contributed by atoms with E-state index in [1.54, 1.807) is 29.2 Å². The van der Waals surface area contributed by atoms with Crippen LogP contribution in [0, 0.1) is 5.92 Å². The van der Waals surface area contributed by atoms with Crippen LogP contribution in [0.2, 0.25) is 5.02 Å². The zero-order chi connectivity index (χ0) is 13.1. The summed E-state index contributed by atoms with van der Waals surface area (Å²) in [6.07, 6.45) is 3.09. The molecular weight excluding hydrogens is 264 g/mol. The number of piperidine rings is 1. The predicted octanol–water partition coefficient (Wildman–Crippen LogP) is 2.66. The lowest BCUT2D eigenvalue weighted by Crippen LogP contribution is -2.40. The zero-order valence-corrected chi connectivity index (χ0v) is 11.0. The van der Waals surface area contributed by atoms with Gasteiger partial charge in [0.2, 0.25) is 0 Å². The highest BCUT2D eigenvalue weighted by atomic mass is 35.5. The van der Waals surface area contributed by atoms with Crippen LogP contribution in [-0.2, 0) is 4.79 Å². The molecule has 3 aliphatic rings. The molecule has 1 aromatic carbocycles. The molecule has 1 aliphatic carbocycles. The van der Waals surface area contributed by atoms with Gasteiger partial charge in [0.15, 0.2) is 0 Å². The second-order valence-corrected chi connectivity index (χ2v) is 5.95. The van der Waals surface area contributed by atoms with Crippen LogP contribution in [0.15, 0.2) is 24.3 Å². The van der Waals surface area contributed by atoms with Crippen molar-refractivity contribution in [2.24, 2.45) is 5.92 Å². The van der Waals surface area contributed by atoms with E-state index in [2.05, 4.69) is 0 Å². The molecule has 2 heterocycles. The average Bonchev–Trinajstić information content (AvgIpc) is 3.04. The van der Waals surface area contributed by atoms with Crippen molar-refractivity contribution in [3.05, 3.63) is 29.3 Å². The van der Waals surface area contributed by atoms with Crippen molar-refractivity contribution in [1.82, 2.24) is 4.90 Å². The van der Waals surface area contributed by atoms with Gasteiger partial charge in [-0.1, -0.05) is 17.7 Å². The third-order valence-electron chi connectivity index (χ3n) is 4.54. The summed E-state index contributed by atoms with van der Waals surface area (Å²) in [5, 5.41) is 0.535. The van der Waals surface area contributed by atoms with Gasteiger partial charge in [0.25, 0.3) is 5.91 Å². The van der Waals surface area contributed by atoms with Gasteiger partial charge in [-0.05, 0) is 43.4 Å². The standard InChI is InChI=1S/C14H13ClN2O2/c15-9-2-1-3-10(7-9)17-13(18)12-8-4-5-11(6-8)16(12)14(17)19/h1-3,7-8,11-12H,4-6H2/t8-,11+,12-/m0/s1. The van der Waals surface area contributed by atoms with Gasteiger partial charge < -0.3 is 4.90 Å². The van der Waals surface area contributed by atoms with E-state index in [9.17, 15) is 9.59 Å². The number of fused-ring (bicyclic) bond motifs is 5. The Morgan fingerprint density at radius 2 is 2.05 bits per heavy atom. The number of hydrogen-bond acceptors (Lipinski definition) is 2. The largest absolute Gasteiger partial charge is 0.332 e. The van der Waals surface area contributed by atoms with Gasteiger partial charge in [0, 0.05) is 11.1 Å². The van der Waals surface area contributed by atoms with Crippen molar-refractivity contribution < 1.29 is 9.59 Å². The number of urea groups is 1. The molecule has 4 rings (SSSR count). The van der Waals surface area contributed by atoms with Crippen LogP contribution in [0.4, 0.5) is 10.5 Å². The van der Waals surface area contributed by atoms with Gasteiger partial charge in [-0.15, -0.1) is 0 Å². The monoisotopic (exact) mass is 276 g/mol. The lowest BCUT2D eigenvalue weighted by Gasteiger charge is -2.25. The molecule has 2 saturated heterocycles. The molecule has 3 amide bonds. The molecule has 19 heavy (non-hydrogen) atoms. The van der Waals surface area contributed by atoms with E-state index in [0.717, 1.165) is 19.3 Å². The number of halogens is 1. The Labute approximate surface area is 115 Å². The van der Waals surface area contributed by atoms with E-state index in [1.165, 1.54) is 4.90 Å². The zero-order valence-electron chi connectivity index (χ0n) is 10.3. The molecule has 0 aromatic heterocycles. The van der Waals surface area contributed by atoms with Crippen molar-refractivity contribution in [3.63, 3.8) is 0 Å². The smallest absolute Gasteiger partial charge is 0.309 e. The molecule has 1 saturated carbocycles. The van der Waals surface area contributed by atoms with Gasteiger partial charge >= 0.3 is 6.03 Å². The summed E-state index contributed by atoms with van der Waals surface area (Å²) in [4.78, 5) is 28.1. The maximum Gasteiger partial charge on any atom is 0.332 e. The number of imide groups is 1. The Kier molecular flexibility index (Phi) is 2.22. The van der Waals surface area contributed by atoms with Crippen molar-refractivity contribution in [1.29, 1.82) is 0 Å². The molecule has 5 heteroatoms. The van der Waals surface area contributed by atoms with Gasteiger partial charge in [-0.2, -0.15) is 0 Å². The summed E-state index contributed by atoms with van der Waals surface area (Å²) < 4.78 is 0. The molecule has 2 bridgehead atoms. The Morgan fingerprint density at radius 3 is 2.79 bits per heavy atom. The van der Waals surface area contributed by atoms with E-state index >= 15 is 0 Å². The number of amides is 3. The van der Waals surface area contributed by atoms with Crippen LogP contribution in [-0.4, -0.2) is 28.9 Å². The molecule has 4 nitrogen and oxygen atoms in total. The number of carbonyl (C=O) groups is 2.